The van der Waals surface area contributed by atoms with Gasteiger partial charge in [-0.3, -0.25) is 4.98 Å². The van der Waals surface area contributed by atoms with Crippen LogP contribution in [0.5, 0.6) is 0 Å². The van der Waals surface area contributed by atoms with Crippen molar-refractivity contribution in [3.63, 3.8) is 0 Å². The lowest BCUT2D eigenvalue weighted by Crippen LogP contribution is -2.51. The fourth-order valence-corrected chi connectivity index (χ4v) is 6.21. The number of piperidine rings is 1. The van der Waals surface area contributed by atoms with E-state index in [9.17, 15) is 15.0 Å². The molecule has 31 heavy (non-hydrogen) atoms. The fourth-order valence-electron chi connectivity index (χ4n) is 4.97. The van der Waals surface area contributed by atoms with Crippen molar-refractivity contribution >= 4 is 44.9 Å². The van der Waals surface area contributed by atoms with Gasteiger partial charge < -0.3 is 20.0 Å². The molecule has 0 unspecified atom stereocenters. The molecule has 8 heteroatoms. The molecule has 2 N–H and O–H groups in total. The number of fused-ring (bicyclic) bond motifs is 2. The zero-order valence-corrected chi connectivity index (χ0v) is 18.6. The third-order valence-electron chi connectivity index (χ3n) is 6.30. The normalized spacial score (nSPS) is 19.0. The van der Waals surface area contributed by atoms with Crippen molar-refractivity contribution in [3.8, 4) is 11.1 Å². The predicted octanol–water partition coefficient (Wildman–Crippen LogP) is 5.00. The van der Waals surface area contributed by atoms with Gasteiger partial charge in [-0.25, -0.2) is 4.79 Å². The Labute approximate surface area is 189 Å². The van der Waals surface area contributed by atoms with Crippen molar-refractivity contribution in [1.82, 2.24) is 9.88 Å². The number of nitrogens with zero attached hydrogens (tertiary/aromatic N) is 3. The molecule has 3 aromatic rings. The van der Waals surface area contributed by atoms with Crippen LogP contribution in [0, 0.1) is 0 Å². The van der Waals surface area contributed by atoms with E-state index in [0.29, 0.717) is 18.1 Å². The first-order chi connectivity index (χ1) is 15.0. The highest BCUT2D eigenvalue weighted by molar-refractivity contribution is 7.19. The molecule has 1 saturated heterocycles. The third-order valence-corrected chi connectivity index (χ3v) is 7.66. The Morgan fingerprint density at radius 1 is 1.23 bits per heavy atom. The lowest BCUT2D eigenvalue weighted by Gasteiger charge is -2.43. The minimum Gasteiger partial charge on any atom is -0.465 e. The zero-order valence-electron chi connectivity index (χ0n) is 17.1. The molecule has 0 saturated carbocycles. The molecule has 0 radical (unpaired) electrons. The first-order valence-electron chi connectivity index (χ1n) is 10.6. The molecular weight excluding hydrogens is 434 g/mol. The second-order valence-corrected chi connectivity index (χ2v) is 9.80. The maximum Gasteiger partial charge on any atom is 0.407 e. The van der Waals surface area contributed by atoms with Gasteiger partial charge in [-0.15, -0.1) is 11.3 Å². The number of aromatic nitrogens is 1. The molecule has 4 heterocycles. The second kappa shape index (κ2) is 8.30. The molecule has 1 amide bonds. The summed E-state index contributed by atoms with van der Waals surface area (Å²) >= 11 is 8.11. The SMILES string of the molecule is O=C(O)N1CCC[C@@H](N2CCCc3cc(Cl)cc(-c4ccnc5cc(CO)sc45)c32)C1. The number of aliphatic hydroxyl groups is 1. The van der Waals surface area contributed by atoms with Crippen LogP contribution in [0.4, 0.5) is 10.5 Å². The minimum absolute atomic E-state index is 0.00661. The summed E-state index contributed by atoms with van der Waals surface area (Å²) in [4.78, 5) is 20.9. The van der Waals surface area contributed by atoms with Crippen LogP contribution in [0.15, 0.2) is 30.5 Å². The molecule has 6 nitrogen and oxygen atoms in total. The van der Waals surface area contributed by atoms with Gasteiger partial charge in [-0.05, 0) is 55.5 Å². The molecule has 1 aromatic carbocycles. The molecule has 0 spiro atoms. The minimum atomic E-state index is -0.843. The molecule has 2 aliphatic rings. The Balaban J connectivity index is 1.65. The van der Waals surface area contributed by atoms with E-state index in [-0.39, 0.29) is 12.6 Å². The van der Waals surface area contributed by atoms with Crippen molar-refractivity contribution in [1.29, 1.82) is 0 Å². The number of likely N-dealkylation sites (tertiary alicyclic amines) is 1. The number of amides is 1. The summed E-state index contributed by atoms with van der Waals surface area (Å²) < 4.78 is 1.04. The molecular formula is C23H24ClN3O3S. The van der Waals surface area contributed by atoms with Gasteiger partial charge in [0.2, 0.25) is 0 Å². The molecule has 162 valence electrons. The Bertz CT molecular complexity index is 1150. The van der Waals surface area contributed by atoms with Gasteiger partial charge in [-0.1, -0.05) is 11.6 Å². The average molecular weight is 458 g/mol. The topological polar surface area (TPSA) is 76.9 Å². The third kappa shape index (κ3) is 3.75. The number of pyridine rings is 1. The van der Waals surface area contributed by atoms with Crippen LogP contribution in [0.3, 0.4) is 0 Å². The van der Waals surface area contributed by atoms with Gasteiger partial charge in [0.1, 0.15) is 0 Å². The van der Waals surface area contributed by atoms with Crippen LogP contribution in [-0.2, 0) is 13.0 Å². The number of benzene rings is 1. The Hall–Kier alpha value is -2.35. The summed E-state index contributed by atoms with van der Waals surface area (Å²) in [5, 5.41) is 19.8. The predicted molar refractivity (Wildman–Crippen MR) is 124 cm³/mol. The van der Waals surface area contributed by atoms with Crippen molar-refractivity contribution < 1.29 is 15.0 Å². The van der Waals surface area contributed by atoms with Crippen LogP contribution in [0.2, 0.25) is 5.02 Å². The van der Waals surface area contributed by atoms with E-state index in [0.717, 1.165) is 58.4 Å². The second-order valence-electron chi connectivity index (χ2n) is 8.23. The number of carbonyl (C=O) groups is 1. The summed E-state index contributed by atoms with van der Waals surface area (Å²) in [6.45, 7) is 2.02. The van der Waals surface area contributed by atoms with Gasteiger partial charge in [-0.2, -0.15) is 0 Å². The maximum atomic E-state index is 11.6. The number of hydrogen-bond donors (Lipinski definition) is 2. The zero-order chi connectivity index (χ0) is 21.5. The van der Waals surface area contributed by atoms with E-state index in [1.54, 1.807) is 17.5 Å². The molecule has 2 aliphatic heterocycles. The Morgan fingerprint density at radius 2 is 2.10 bits per heavy atom. The van der Waals surface area contributed by atoms with E-state index >= 15 is 0 Å². The molecule has 2 aromatic heterocycles. The summed E-state index contributed by atoms with van der Waals surface area (Å²) in [7, 11) is 0. The Morgan fingerprint density at radius 3 is 2.90 bits per heavy atom. The Kier molecular flexibility index (Phi) is 5.50. The van der Waals surface area contributed by atoms with E-state index < -0.39 is 6.09 Å². The van der Waals surface area contributed by atoms with Crippen molar-refractivity contribution in [2.24, 2.45) is 0 Å². The molecule has 1 atom stereocenters. The summed E-state index contributed by atoms with van der Waals surface area (Å²) in [6.07, 6.45) is 4.79. The van der Waals surface area contributed by atoms with Crippen molar-refractivity contribution in [2.75, 3.05) is 24.5 Å². The maximum absolute atomic E-state index is 11.6. The lowest BCUT2D eigenvalue weighted by molar-refractivity contribution is 0.129. The molecule has 5 rings (SSSR count). The average Bonchev–Trinajstić information content (AvgIpc) is 3.21. The van der Waals surface area contributed by atoms with Crippen molar-refractivity contribution in [3.05, 3.63) is 45.9 Å². The quantitative estimate of drug-likeness (QED) is 0.578. The van der Waals surface area contributed by atoms with Gasteiger partial charge in [0.25, 0.3) is 0 Å². The number of thiophene rings is 1. The van der Waals surface area contributed by atoms with Crippen LogP contribution in [-0.4, -0.2) is 51.9 Å². The number of anilines is 1. The van der Waals surface area contributed by atoms with Gasteiger partial charge in [0, 0.05) is 58.6 Å². The van der Waals surface area contributed by atoms with Crippen LogP contribution in [0.1, 0.15) is 29.7 Å². The van der Waals surface area contributed by atoms with E-state index in [4.69, 9.17) is 11.6 Å². The highest BCUT2D eigenvalue weighted by atomic mass is 35.5. The van der Waals surface area contributed by atoms with Gasteiger partial charge in [0.05, 0.1) is 16.8 Å². The first-order valence-corrected chi connectivity index (χ1v) is 11.8. The number of carboxylic acid groups (broad SMARTS) is 1. The summed E-state index contributed by atoms with van der Waals surface area (Å²) in [5.74, 6) is 0. The van der Waals surface area contributed by atoms with Crippen molar-refractivity contribution in [2.45, 2.75) is 38.3 Å². The lowest BCUT2D eigenvalue weighted by atomic mass is 9.91. The van der Waals surface area contributed by atoms with Crippen LogP contribution >= 0.6 is 22.9 Å². The van der Waals surface area contributed by atoms with Crippen LogP contribution in [0.25, 0.3) is 21.3 Å². The smallest absolute Gasteiger partial charge is 0.407 e. The highest BCUT2D eigenvalue weighted by Crippen LogP contribution is 2.44. The van der Waals surface area contributed by atoms with E-state index in [1.165, 1.54) is 16.2 Å². The monoisotopic (exact) mass is 457 g/mol. The highest BCUT2D eigenvalue weighted by Gasteiger charge is 2.32. The molecule has 0 bridgehead atoms. The molecule has 0 aliphatic carbocycles. The molecule has 1 fully saturated rings. The number of rotatable bonds is 3. The van der Waals surface area contributed by atoms with Gasteiger partial charge >= 0.3 is 6.09 Å². The van der Waals surface area contributed by atoms with Crippen LogP contribution < -0.4 is 4.90 Å². The van der Waals surface area contributed by atoms with E-state index in [2.05, 4.69) is 16.0 Å². The largest absolute Gasteiger partial charge is 0.465 e. The number of aryl methyl sites for hydroxylation is 1. The first kappa shape index (κ1) is 20.5. The number of aliphatic hydroxyl groups excluding tert-OH is 1. The number of halogens is 1. The number of hydrogen-bond acceptors (Lipinski definition) is 5. The summed E-state index contributed by atoms with van der Waals surface area (Å²) in [6, 6.07) is 8.17. The fraction of sp³-hybridized carbons (Fsp3) is 0.391. The van der Waals surface area contributed by atoms with E-state index in [1.807, 2.05) is 18.2 Å². The summed E-state index contributed by atoms with van der Waals surface area (Å²) in [5.41, 5.74) is 5.38. The van der Waals surface area contributed by atoms with Gasteiger partial charge in [0.15, 0.2) is 0 Å². The standard InChI is InChI=1S/C23H24ClN3O3S/c24-15-9-14-3-1-8-27(16-4-2-7-26(12-16)23(29)30)21(14)19(10-15)18-5-6-25-20-11-17(13-28)31-22(18)20/h5-6,9-11,16,28H,1-4,7-8,12-13H2,(H,29,30)/t16-/m1/s1.